The molecule has 2 fully saturated rings. The van der Waals surface area contributed by atoms with Crippen LogP contribution in [-0.2, 0) is 34.9 Å². The lowest BCUT2D eigenvalue weighted by Crippen LogP contribution is -2.58. The summed E-state index contributed by atoms with van der Waals surface area (Å²) in [5.41, 5.74) is 1.99. The van der Waals surface area contributed by atoms with E-state index in [1.54, 1.807) is 18.2 Å². The van der Waals surface area contributed by atoms with Gasteiger partial charge in [0, 0.05) is 37.2 Å². The summed E-state index contributed by atoms with van der Waals surface area (Å²) in [5.74, 6) is -4.91. The van der Waals surface area contributed by atoms with Crippen molar-refractivity contribution in [2.75, 3.05) is 13.1 Å². The van der Waals surface area contributed by atoms with Crippen LogP contribution < -0.4 is 5.32 Å². The smallest absolute Gasteiger partial charge is 0.279 e. The van der Waals surface area contributed by atoms with Crippen molar-refractivity contribution in [3.63, 3.8) is 0 Å². The van der Waals surface area contributed by atoms with Gasteiger partial charge in [0.2, 0.25) is 11.8 Å². The number of amides is 3. The van der Waals surface area contributed by atoms with Crippen LogP contribution in [0.3, 0.4) is 0 Å². The molecule has 214 valence electrons. The van der Waals surface area contributed by atoms with Crippen LogP contribution in [0, 0.1) is 16.6 Å². The van der Waals surface area contributed by atoms with Crippen molar-refractivity contribution < 1.29 is 29.0 Å². The van der Waals surface area contributed by atoms with Crippen molar-refractivity contribution in [2.24, 2.45) is 10.8 Å². The highest BCUT2D eigenvalue weighted by atomic mass is 19.1. The molecule has 2 aromatic rings. The number of benzene rings is 2. The average Bonchev–Trinajstić information content (AvgIpc) is 3.03. The van der Waals surface area contributed by atoms with E-state index in [1.807, 2.05) is 12.1 Å². The van der Waals surface area contributed by atoms with E-state index in [0.29, 0.717) is 23.2 Å². The summed E-state index contributed by atoms with van der Waals surface area (Å²) in [4.78, 5) is 40.3. The van der Waals surface area contributed by atoms with Gasteiger partial charge in [-0.2, -0.15) is 0 Å². The lowest BCUT2D eigenvalue weighted by molar-refractivity contribution is -0.259. The van der Waals surface area contributed by atoms with E-state index in [4.69, 9.17) is 0 Å². The Kier molecular flexibility index (Phi) is 7.13. The van der Waals surface area contributed by atoms with E-state index in [2.05, 4.69) is 37.9 Å². The Bertz CT molecular complexity index is 1350. The maximum atomic E-state index is 15.7. The summed E-state index contributed by atoms with van der Waals surface area (Å²) in [6.07, 6.45) is 1.64. The van der Waals surface area contributed by atoms with Gasteiger partial charge in [0.05, 0.1) is 5.56 Å². The minimum absolute atomic E-state index is 0.000887. The number of likely N-dealkylation sites (tertiary alicyclic amines) is 1. The summed E-state index contributed by atoms with van der Waals surface area (Å²) in [7, 11) is 0. The van der Waals surface area contributed by atoms with Crippen LogP contribution in [0.1, 0.15) is 79.6 Å². The molecule has 3 aliphatic rings. The summed E-state index contributed by atoms with van der Waals surface area (Å²) in [5, 5.41) is 24.5. The lowest BCUT2D eigenvalue weighted by atomic mass is 9.71. The van der Waals surface area contributed by atoms with Gasteiger partial charge < -0.3 is 10.2 Å². The average molecular weight is 552 g/mol. The molecule has 2 aromatic carbocycles. The molecule has 40 heavy (non-hydrogen) atoms. The fraction of sp³-hybridized carbons (Fsp3) is 0.516. The number of carbonyl (C=O) groups is 3. The van der Waals surface area contributed by atoms with Crippen LogP contribution in [0.2, 0.25) is 0 Å². The van der Waals surface area contributed by atoms with Crippen molar-refractivity contribution in [1.29, 1.82) is 0 Å². The second kappa shape index (κ2) is 10.0. The van der Waals surface area contributed by atoms with Gasteiger partial charge in [-0.15, -0.1) is 0 Å². The number of aliphatic hydroxyl groups is 2. The van der Waals surface area contributed by atoms with Crippen LogP contribution in [0.15, 0.2) is 36.4 Å². The first-order valence-electron chi connectivity index (χ1n) is 13.9. The number of fused-ring (bicyclic) bond motifs is 1. The summed E-state index contributed by atoms with van der Waals surface area (Å²) >= 11 is 0. The van der Waals surface area contributed by atoms with E-state index in [0.717, 1.165) is 24.4 Å². The minimum atomic E-state index is -2.74. The summed E-state index contributed by atoms with van der Waals surface area (Å²) in [6, 6.07) is 9.01. The first-order chi connectivity index (χ1) is 18.7. The highest BCUT2D eigenvalue weighted by Crippen LogP contribution is 2.42. The Morgan fingerprint density at radius 1 is 0.925 bits per heavy atom. The number of carbonyl (C=O) groups excluding carboxylic acids is 3. The molecule has 1 unspecified atom stereocenters. The van der Waals surface area contributed by atoms with Crippen molar-refractivity contribution >= 4 is 17.7 Å². The molecule has 5 rings (SSSR count). The van der Waals surface area contributed by atoms with Crippen molar-refractivity contribution in [1.82, 2.24) is 15.1 Å². The minimum Gasteiger partial charge on any atom is -0.345 e. The molecule has 3 heterocycles. The SMILES string of the molecule is CC1(C)CN(Cc2cccc(CCc3cccc4c3C(O)(O)N(C3CCC(=O)NC3=O)C4=O)c2F)CC(C)(C)C1. The molecule has 3 N–H and O–H groups in total. The van der Waals surface area contributed by atoms with Gasteiger partial charge in [-0.05, 0) is 53.7 Å². The molecule has 0 aliphatic carbocycles. The third-order valence-corrected chi connectivity index (χ3v) is 8.27. The Hall–Kier alpha value is -3.14. The van der Waals surface area contributed by atoms with E-state index in [1.165, 1.54) is 6.07 Å². The van der Waals surface area contributed by atoms with Gasteiger partial charge in [0.25, 0.3) is 11.8 Å². The molecule has 9 heteroatoms. The highest BCUT2D eigenvalue weighted by molar-refractivity contribution is 6.06. The number of hydrogen-bond donors (Lipinski definition) is 3. The summed E-state index contributed by atoms with van der Waals surface area (Å²) in [6.45, 7) is 11.3. The second-order valence-corrected chi connectivity index (χ2v) is 13.2. The molecule has 0 aromatic heterocycles. The molecule has 0 spiro atoms. The number of nitrogens with one attached hydrogen (secondary N) is 1. The van der Waals surface area contributed by atoms with Gasteiger partial charge in [-0.1, -0.05) is 58.0 Å². The maximum absolute atomic E-state index is 15.7. The van der Waals surface area contributed by atoms with Crippen LogP contribution >= 0.6 is 0 Å². The lowest BCUT2D eigenvalue weighted by Gasteiger charge is -2.47. The van der Waals surface area contributed by atoms with E-state index >= 15 is 4.39 Å². The third-order valence-electron chi connectivity index (χ3n) is 8.27. The standard InChI is InChI=1S/C31H38FN3O5/c1-29(2)16-30(3,4)18-34(17-29)15-21-9-5-8-20(26(21)32)12-11-19-7-6-10-22-25(19)31(39,40)35(28(22)38)23-13-14-24(36)33-27(23)37/h5-10,23,39-40H,11-18H2,1-4H3,(H,33,36,37). The molecule has 2 saturated heterocycles. The molecule has 0 bridgehead atoms. The van der Waals surface area contributed by atoms with E-state index in [9.17, 15) is 24.6 Å². The zero-order valence-corrected chi connectivity index (χ0v) is 23.6. The van der Waals surface area contributed by atoms with Crippen LogP contribution in [0.4, 0.5) is 4.39 Å². The number of halogens is 1. The van der Waals surface area contributed by atoms with Crippen LogP contribution in [0.25, 0.3) is 0 Å². The predicted octanol–water partition coefficient (Wildman–Crippen LogP) is 3.22. The fourth-order valence-electron chi connectivity index (χ4n) is 7.31. The normalized spacial score (nSPS) is 23.7. The number of nitrogens with zero attached hydrogens (tertiary/aromatic N) is 2. The topological polar surface area (TPSA) is 110 Å². The molecule has 0 saturated carbocycles. The monoisotopic (exact) mass is 551 g/mol. The Morgan fingerprint density at radius 3 is 2.20 bits per heavy atom. The fourth-order valence-corrected chi connectivity index (χ4v) is 7.31. The summed E-state index contributed by atoms with van der Waals surface area (Å²) < 4.78 is 15.7. The molecular formula is C31H38FN3O5. The van der Waals surface area contributed by atoms with Gasteiger partial charge in [0.15, 0.2) is 0 Å². The molecule has 1 atom stereocenters. The van der Waals surface area contributed by atoms with Gasteiger partial charge >= 0.3 is 0 Å². The van der Waals surface area contributed by atoms with Crippen LogP contribution in [0.5, 0.6) is 0 Å². The van der Waals surface area contributed by atoms with Crippen LogP contribution in [-0.4, -0.2) is 56.9 Å². The Balaban J connectivity index is 1.36. The molecule has 3 aliphatic heterocycles. The number of hydrogen-bond acceptors (Lipinski definition) is 6. The highest BCUT2D eigenvalue weighted by Gasteiger charge is 2.54. The second-order valence-electron chi connectivity index (χ2n) is 13.2. The number of piperidine rings is 2. The number of rotatable bonds is 6. The van der Waals surface area contributed by atoms with Crippen molar-refractivity contribution in [3.05, 3.63) is 70.0 Å². The zero-order valence-electron chi connectivity index (χ0n) is 23.6. The molecular weight excluding hydrogens is 513 g/mol. The maximum Gasteiger partial charge on any atom is 0.279 e. The zero-order chi connectivity index (χ0) is 29.0. The van der Waals surface area contributed by atoms with Gasteiger partial charge in [0.1, 0.15) is 11.9 Å². The Morgan fingerprint density at radius 2 is 1.52 bits per heavy atom. The van der Waals surface area contributed by atoms with Crippen molar-refractivity contribution in [2.45, 2.75) is 78.3 Å². The van der Waals surface area contributed by atoms with E-state index < -0.39 is 29.7 Å². The molecule has 8 nitrogen and oxygen atoms in total. The van der Waals surface area contributed by atoms with Gasteiger partial charge in [-0.25, -0.2) is 4.39 Å². The molecule has 0 radical (unpaired) electrons. The van der Waals surface area contributed by atoms with Gasteiger partial charge in [-0.3, -0.25) is 29.5 Å². The third kappa shape index (κ3) is 5.30. The van der Waals surface area contributed by atoms with E-state index in [-0.39, 0.29) is 53.5 Å². The quantitative estimate of drug-likeness (QED) is 0.376. The first kappa shape index (κ1) is 28.4. The molecule has 3 amide bonds. The number of aryl methyl sites for hydroxylation is 2. The predicted molar refractivity (Wildman–Crippen MR) is 146 cm³/mol. The number of imide groups is 1. The first-order valence-corrected chi connectivity index (χ1v) is 13.9. The Labute approximate surface area is 234 Å². The van der Waals surface area contributed by atoms with Crippen molar-refractivity contribution in [3.8, 4) is 0 Å². The largest absolute Gasteiger partial charge is 0.345 e.